The van der Waals surface area contributed by atoms with Crippen LogP contribution in [0.5, 0.6) is 0 Å². The van der Waals surface area contributed by atoms with Crippen molar-refractivity contribution >= 4 is 0 Å². The average molecular weight is 188 g/mol. The van der Waals surface area contributed by atoms with Crippen molar-refractivity contribution in [3.05, 3.63) is 17.8 Å². The molecular formula is C8H10F2N2O. The number of alkyl halides is 2. The van der Waals surface area contributed by atoms with Gasteiger partial charge in [-0.2, -0.15) is 8.78 Å². The van der Waals surface area contributed by atoms with E-state index in [-0.39, 0.29) is 0 Å². The van der Waals surface area contributed by atoms with Crippen LogP contribution in [0.1, 0.15) is 31.4 Å². The van der Waals surface area contributed by atoms with Gasteiger partial charge in [-0.15, -0.1) is 0 Å². The van der Waals surface area contributed by atoms with Gasteiger partial charge in [0, 0.05) is 6.92 Å². The second kappa shape index (κ2) is 2.29. The lowest BCUT2D eigenvalue weighted by molar-refractivity contribution is -0.0109. The third kappa shape index (κ3) is 1.44. The molecular weight excluding hydrogens is 178 g/mol. The van der Waals surface area contributed by atoms with E-state index in [9.17, 15) is 8.78 Å². The highest BCUT2D eigenvalue weighted by Gasteiger charge is 2.44. The Morgan fingerprint density at radius 2 is 2.23 bits per heavy atom. The highest BCUT2D eigenvalue weighted by molar-refractivity contribution is 5.19. The number of hydrogen-bond acceptors (Lipinski definition) is 3. The Morgan fingerprint density at radius 3 is 2.62 bits per heavy atom. The third-order valence-electron chi connectivity index (χ3n) is 2.18. The largest absolute Gasteiger partial charge is 0.443 e. The predicted molar refractivity (Wildman–Crippen MR) is 41.2 cm³/mol. The predicted octanol–water partition coefficient (Wildman–Crippen LogP) is 1.73. The summed E-state index contributed by atoms with van der Waals surface area (Å²) in [6.45, 7) is 0.749. The molecule has 0 atom stereocenters. The van der Waals surface area contributed by atoms with Crippen molar-refractivity contribution in [1.29, 1.82) is 0 Å². The van der Waals surface area contributed by atoms with Crippen molar-refractivity contribution in [2.24, 2.45) is 5.73 Å². The summed E-state index contributed by atoms with van der Waals surface area (Å²) >= 11 is 0. The van der Waals surface area contributed by atoms with E-state index in [0.29, 0.717) is 5.69 Å². The van der Waals surface area contributed by atoms with Gasteiger partial charge in [-0.05, 0) is 12.8 Å². The van der Waals surface area contributed by atoms with Gasteiger partial charge in [-0.25, -0.2) is 4.98 Å². The van der Waals surface area contributed by atoms with Gasteiger partial charge < -0.3 is 10.2 Å². The van der Waals surface area contributed by atoms with Crippen LogP contribution in [0.2, 0.25) is 0 Å². The minimum absolute atomic E-state index is 0.434. The van der Waals surface area contributed by atoms with E-state index in [1.165, 1.54) is 6.26 Å². The van der Waals surface area contributed by atoms with Crippen LogP contribution in [-0.2, 0) is 11.5 Å². The van der Waals surface area contributed by atoms with E-state index in [2.05, 4.69) is 9.40 Å². The van der Waals surface area contributed by atoms with E-state index < -0.39 is 17.4 Å². The number of rotatable bonds is 2. The molecule has 0 spiro atoms. The summed E-state index contributed by atoms with van der Waals surface area (Å²) in [6, 6.07) is 0. The monoisotopic (exact) mass is 188 g/mol. The third-order valence-corrected chi connectivity index (χ3v) is 2.18. The van der Waals surface area contributed by atoms with Crippen LogP contribution in [0.15, 0.2) is 10.7 Å². The molecule has 5 heteroatoms. The standard InChI is InChI=1S/C8H10F2N2O/c1-7(9,10)6-12-5(4-13-6)8(11)2-3-8/h4H,2-3,11H2,1H3. The first kappa shape index (κ1) is 8.62. The van der Waals surface area contributed by atoms with Gasteiger partial charge in [0.15, 0.2) is 0 Å². The van der Waals surface area contributed by atoms with Gasteiger partial charge in [0.05, 0.1) is 11.2 Å². The maximum Gasteiger partial charge on any atom is 0.319 e. The molecule has 0 saturated heterocycles. The van der Waals surface area contributed by atoms with Gasteiger partial charge in [-0.1, -0.05) is 0 Å². The van der Waals surface area contributed by atoms with Crippen LogP contribution in [0.4, 0.5) is 8.78 Å². The average Bonchev–Trinajstić information content (AvgIpc) is 2.60. The van der Waals surface area contributed by atoms with E-state index in [1.54, 1.807) is 0 Å². The van der Waals surface area contributed by atoms with Crippen LogP contribution >= 0.6 is 0 Å². The Bertz CT molecular complexity index is 305. The van der Waals surface area contributed by atoms with Gasteiger partial charge in [0.1, 0.15) is 6.26 Å². The molecule has 72 valence electrons. The Hall–Kier alpha value is -0.970. The highest BCUT2D eigenvalue weighted by atomic mass is 19.3. The molecule has 1 aromatic rings. The maximum atomic E-state index is 12.7. The van der Waals surface area contributed by atoms with E-state index in [0.717, 1.165) is 19.8 Å². The van der Waals surface area contributed by atoms with E-state index >= 15 is 0 Å². The number of halogens is 2. The Kier molecular flexibility index (Phi) is 1.52. The first-order valence-electron chi connectivity index (χ1n) is 4.05. The van der Waals surface area contributed by atoms with Gasteiger partial charge in [0.25, 0.3) is 5.89 Å². The topological polar surface area (TPSA) is 52.0 Å². The summed E-state index contributed by atoms with van der Waals surface area (Å²) in [7, 11) is 0. The molecule has 0 radical (unpaired) electrons. The van der Waals surface area contributed by atoms with E-state index in [1.807, 2.05) is 0 Å². The fourth-order valence-electron chi connectivity index (χ4n) is 1.09. The molecule has 2 N–H and O–H groups in total. The van der Waals surface area contributed by atoms with Crippen molar-refractivity contribution in [2.45, 2.75) is 31.2 Å². The molecule has 0 unspecified atom stereocenters. The summed E-state index contributed by atoms with van der Waals surface area (Å²) in [5.74, 6) is -3.58. The quantitative estimate of drug-likeness (QED) is 0.768. The molecule has 2 rings (SSSR count). The van der Waals surface area contributed by atoms with Gasteiger partial charge in [-0.3, -0.25) is 0 Å². The number of nitrogens with zero attached hydrogens (tertiary/aromatic N) is 1. The normalized spacial score (nSPS) is 20.3. The summed E-state index contributed by atoms with van der Waals surface area (Å²) in [4.78, 5) is 3.67. The second-order valence-corrected chi connectivity index (χ2v) is 3.58. The summed E-state index contributed by atoms with van der Waals surface area (Å²) < 4.78 is 30.0. The maximum absolute atomic E-state index is 12.7. The van der Waals surface area contributed by atoms with Crippen LogP contribution < -0.4 is 5.73 Å². The van der Waals surface area contributed by atoms with Crippen molar-refractivity contribution in [3.8, 4) is 0 Å². The minimum Gasteiger partial charge on any atom is -0.443 e. The van der Waals surface area contributed by atoms with Crippen molar-refractivity contribution in [1.82, 2.24) is 4.98 Å². The number of aromatic nitrogens is 1. The Morgan fingerprint density at radius 1 is 1.62 bits per heavy atom. The highest BCUT2D eigenvalue weighted by Crippen LogP contribution is 2.42. The molecule has 1 aromatic heterocycles. The van der Waals surface area contributed by atoms with Crippen molar-refractivity contribution in [2.75, 3.05) is 0 Å². The van der Waals surface area contributed by atoms with Crippen LogP contribution in [0.25, 0.3) is 0 Å². The lowest BCUT2D eigenvalue weighted by atomic mass is 10.2. The number of nitrogens with two attached hydrogens (primary N) is 1. The Balaban J connectivity index is 2.29. The molecule has 1 aliphatic carbocycles. The van der Waals surface area contributed by atoms with Crippen LogP contribution in [-0.4, -0.2) is 4.98 Å². The van der Waals surface area contributed by atoms with E-state index in [4.69, 9.17) is 5.73 Å². The summed E-state index contributed by atoms with van der Waals surface area (Å²) in [6.07, 6.45) is 2.79. The molecule has 3 nitrogen and oxygen atoms in total. The molecule has 1 fully saturated rings. The molecule has 1 heterocycles. The summed E-state index contributed by atoms with van der Waals surface area (Å²) in [5, 5.41) is 0. The molecule has 0 amide bonds. The first-order chi connectivity index (χ1) is 5.92. The SMILES string of the molecule is CC(F)(F)c1nc(C2(N)CC2)co1. The number of oxazole rings is 1. The minimum atomic E-state index is -3.02. The molecule has 1 aliphatic rings. The van der Waals surface area contributed by atoms with Crippen molar-refractivity contribution in [3.63, 3.8) is 0 Å². The zero-order chi connectivity index (χ0) is 9.69. The lowest BCUT2D eigenvalue weighted by Gasteiger charge is -2.03. The fraction of sp³-hybridized carbons (Fsp3) is 0.625. The second-order valence-electron chi connectivity index (χ2n) is 3.58. The molecule has 0 aromatic carbocycles. The lowest BCUT2D eigenvalue weighted by Crippen LogP contribution is -2.19. The Labute approximate surface area is 73.9 Å². The zero-order valence-electron chi connectivity index (χ0n) is 7.18. The summed E-state index contributed by atoms with van der Waals surface area (Å²) in [5.41, 5.74) is 5.68. The van der Waals surface area contributed by atoms with Gasteiger partial charge >= 0.3 is 5.92 Å². The zero-order valence-corrected chi connectivity index (χ0v) is 7.18. The smallest absolute Gasteiger partial charge is 0.319 e. The fourth-order valence-corrected chi connectivity index (χ4v) is 1.09. The van der Waals surface area contributed by atoms with Crippen molar-refractivity contribution < 1.29 is 13.2 Å². The van der Waals surface area contributed by atoms with Crippen LogP contribution in [0, 0.1) is 0 Å². The molecule has 13 heavy (non-hydrogen) atoms. The van der Waals surface area contributed by atoms with Crippen LogP contribution in [0.3, 0.4) is 0 Å². The molecule has 1 saturated carbocycles. The van der Waals surface area contributed by atoms with Gasteiger partial charge in [0.2, 0.25) is 0 Å². The number of hydrogen-bond donors (Lipinski definition) is 1. The molecule has 0 aliphatic heterocycles. The first-order valence-corrected chi connectivity index (χ1v) is 4.05. The molecule has 0 bridgehead atoms.